The van der Waals surface area contributed by atoms with E-state index in [2.05, 4.69) is 31.9 Å². The summed E-state index contributed by atoms with van der Waals surface area (Å²) in [5.41, 5.74) is -0.0972. The number of methoxy groups -OCH3 is 1. The van der Waals surface area contributed by atoms with E-state index >= 15 is 0 Å². The zero-order valence-corrected chi connectivity index (χ0v) is 9.55. The molecule has 1 rings (SSSR count). The number of hydrogen-bond acceptors (Lipinski definition) is 2. The monoisotopic (exact) mass is 295 g/mol. The van der Waals surface area contributed by atoms with Crippen molar-refractivity contribution in [3.8, 4) is 0 Å². The summed E-state index contributed by atoms with van der Waals surface area (Å²) in [6.45, 7) is 0.261. The molecule has 1 heterocycles. The predicted molar refractivity (Wildman–Crippen MR) is 53.1 cm³/mol. The van der Waals surface area contributed by atoms with Crippen molar-refractivity contribution in [2.24, 2.45) is 0 Å². The minimum atomic E-state index is -0.0972. The Labute approximate surface area is 86.6 Å². The van der Waals surface area contributed by atoms with Crippen molar-refractivity contribution < 1.29 is 4.74 Å². The second-order valence-corrected chi connectivity index (χ2v) is 3.97. The topological polar surface area (TPSA) is 31.2 Å². The van der Waals surface area contributed by atoms with Gasteiger partial charge in [-0.25, -0.2) is 0 Å². The van der Waals surface area contributed by atoms with E-state index in [9.17, 15) is 4.79 Å². The Bertz CT molecular complexity index is 335. The van der Waals surface area contributed by atoms with Crippen LogP contribution in [0.15, 0.2) is 26.0 Å². The summed E-state index contributed by atoms with van der Waals surface area (Å²) in [4.78, 5) is 11.3. The maximum Gasteiger partial charge on any atom is 0.266 e. The van der Waals surface area contributed by atoms with Crippen LogP contribution in [0.1, 0.15) is 0 Å². The summed E-state index contributed by atoms with van der Waals surface area (Å²) in [6, 6.07) is 1.70. The van der Waals surface area contributed by atoms with Crippen LogP contribution in [0.4, 0.5) is 0 Å². The van der Waals surface area contributed by atoms with E-state index in [-0.39, 0.29) is 12.3 Å². The Morgan fingerprint density at radius 2 is 2.25 bits per heavy atom. The molecule has 0 aliphatic heterocycles. The Hall–Kier alpha value is -0.130. The fourth-order valence-corrected chi connectivity index (χ4v) is 2.06. The van der Waals surface area contributed by atoms with Crippen LogP contribution in [0.3, 0.4) is 0 Å². The van der Waals surface area contributed by atoms with Gasteiger partial charge >= 0.3 is 0 Å². The van der Waals surface area contributed by atoms with Crippen LogP contribution in [0, 0.1) is 0 Å². The van der Waals surface area contributed by atoms with Gasteiger partial charge < -0.3 is 4.74 Å². The highest BCUT2D eigenvalue weighted by Gasteiger charge is 2.01. The maximum atomic E-state index is 11.3. The summed E-state index contributed by atoms with van der Waals surface area (Å²) in [5.74, 6) is 0. The average molecular weight is 297 g/mol. The number of pyridine rings is 1. The first-order valence-electron chi connectivity index (χ1n) is 3.19. The minimum Gasteiger partial charge on any atom is -0.364 e. The Balaban J connectivity index is 3.19. The van der Waals surface area contributed by atoms with E-state index in [0.29, 0.717) is 4.47 Å². The van der Waals surface area contributed by atoms with Crippen molar-refractivity contribution in [1.82, 2.24) is 4.57 Å². The largest absolute Gasteiger partial charge is 0.364 e. The summed E-state index contributed by atoms with van der Waals surface area (Å²) < 4.78 is 7.67. The van der Waals surface area contributed by atoms with Crippen LogP contribution < -0.4 is 5.56 Å². The molecule has 0 spiro atoms. The van der Waals surface area contributed by atoms with Crippen LogP contribution in [0.25, 0.3) is 0 Å². The van der Waals surface area contributed by atoms with Gasteiger partial charge in [0.1, 0.15) is 6.73 Å². The molecule has 0 aromatic carbocycles. The first-order chi connectivity index (χ1) is 5.65. The molecule has 0 fully saturated rings. The van der Waals surface area contributed by atoms with Crippen molar-refractivity contribution in [2.45, 2.75) is 6.73 Å². The molecular formula is C7H7Br2NO2. The van der Waals surface area contributed by atoms with E-state index in [0.717, 1.165) is 4.47 Å². The van der Waals surface area contributed by atoms with Gasteiger partial charge in [-0.1, -0.05) is 0 Å². The maximum absolute atomic E-state index is 11.3. The van der Waals surface area contributed by atoms with Gasteiger partial charge in [0.15, 0.2) is 0 Å². The highest BCUT2D eigenvalue weighted by molar-refractivity contribution is 9.11. The second kappa shape index (κ2) is 4.20. The fraction of sp³-hybridized carbons (Fsp3) is 0.286. The molecule has 0 unspecified atom stereocenters. The number of halogens is 2. The van der Waals surface area contributed by atoms with Crippen molar-refractivity contribution in [2.75, 3.05) is 7.11 Å². The number of aromatic nitrogens is 1. The molecule has 0 saturated heterocycles. The van der Waals surface area contributed by atoms with Crippen LogP contribution in [0.2, 0.25) is 0 Å². The normalized spacial score (nSPS) is 10.2. The smallest absolute Gasteiger partial charge is 0.266 e. The first kappa shape index (κ1) is 9.95. The average Bonchev–Trinajstić information content (AvgIpc) is 2.00. The van der Waals surface area contributed by atoms with E-state index in [1.165, 1.54) is 4.57 Å². The number of nitrogens with zero attached hydrogens (tertiary/aromatic N) is 1. The summed E-state index contributed by atoms with van der Waals surface area (Å²) in [6.07, 6.45) is 1.68. The van der Waals surface area contributed by atoms with Crippen molar-refractivity contribution in [3.05, 3.63) is 31.6 Å². The third-order valence-corrected chi connectivity index (χ3v) is 2.28. The molecule has 5 heteroatoms. The van der Waals surface area contributed by atoms with E-state index in [1.54, 1.807) is 19.4 Å². The Kier molecular flexibility index (Phi) is 3.49. The predicted octanol–water partition coefficient (Wildman–Crippen LogP) is 1.98. The molecule has 0 radical (unpaired) electrons. The third-order valence-electron chi connectivity index (χ3n) is 1.28. The van der Waals surface area contributed by atoms with Crippen LogP contribution in [-0.4, -0.2) is 11.7 Å². The van der Waals surface area contributed by atoms with Gasteiger partial charge in [0, 0.05) is 17.8 Å². The molecule has 0 N–H and O–H groups in total. The van der Waals surface area contributed by atoms with Crippen molar-refractivity contribution >= 4 is 31.9 Å². The van der Waals surface area contributed by atoms with Crippen molar-refractivity contribution in [1.29, 1.82) is 0 Å². The Morgan fingerprint density at radius 1 is 1.58 bits per heavy atom. The first-order valence-corrected chi connectivity index (χ1v) is 4.78. The highest BCUT2D eigenvalue weighted by atomic mass is 79.9. The number of rotatable bonds is 2. The molecule has 3 nitrogen and oxygen atoms in total. The van der Waals surface area contributed by atoms with E-state index in [4.69, 9.17) is 4.74 Å². The summed E-state index contributed by atoms with van der Waals surface area (Å²) in [5, 5.41) is 0. The lowest BCUT2D eigenvalue weighted by molar-refractivity contribution is 0.128. The SMILES string of the molecule is COCn1cc(Br)cc(Br)c1=O. The summed E-state index contributed by atoms with van der Waals surface area (Å²) in [7, 11) is 1.54. The standard InChI is InChI=1S/C7H7Br2NO2/c1-12-4-10-3-5(8)2-6(9)7(10)11/h2-3H,4H2,1H3. The molecule has 0 saturated carbocycles. The third kappa shape index (κ3) is 2.18. The zero-order chi connectivity index (χ0) is 9.14. The molecule has 0 aliphatic rings. The van der Waals surface area contributed by atoms with E-state index < -0.39 is 0 Å². The molecule has 1 aromatic heterocycles. The van der Waals surface area contributed by atoms with Crippen LogP contribution in [-0.2, 0) is 11.5 Å². The van der Waals surface area contributed by atoms with Gasteiger partial charge in [0.25, 0.3) is 5.56 Å². The molecule has 66 valence electrons. The zero-order valence-electron chi connectivity index (χ0n) is 6.38. The molecule has 0 atom stereocenters. The summed E-state index contributed by atoms with van der Waals surface area (Å²) >= 11 is 6.42. The molecule has 1 aromatic rings. The number of hydrogen-bond donors (Lipinski definition) is 0. The van der Waals surface area contributed by atoms with Gasteiger partial charge in [-0.15, -0.1) is 0 Å². The van der Waals surface area contributed by atoms with Gasteiger partial charge in [0.05, 0.1) is 4.47 Å². The lowest BCUT2D eigenvalue weighted by Gasteiger charge is -2.04. The molecule has 0 amide bonds. The molecular weight excluding hydrogens is 290 g/mol. The van der Waals surface area contributed by atoms with E-state index in [1.807, 2.05) is 0 Å². The molecule has 0 bridgehead atoms. The minimum absolute atomic E-state index is 0.0972. The van der Waals surface area contributed by atoms with Gasteiger partial charge in [-0.05, 0) is 37.9 Å². The Morgan fingerprint density at radius 3 is 2.83 bits per heavy atom. The van der Waals surface area contributed by atoms with Gasteiger partial charge in [-0.3, -0.25) is 9.36 Å². The second-order valence-electron chi connectivity index (χ2n) is 2.20. The van der Waals surface area contributed by atoms with Crippen LogP contribution >= 0.6 is 31.9 Å². The quantitative estimate of drug-likeness (QED) is 0.836. The lowest BCUT2D eigenvalue weighted by Crippen LogP contribution is -2.20. The van der Waals surface area contributed by atoms with Gasteiger partial charge in [-0.2, -0.15) is 0 Å². The molecule has 0 aliphatic carbocycles. The lowest BCUT2D eigenvalue weighted by atomic mass is 10.5. The van der Waals surface area contributed by atoms with Gasteiger partial charge in [0.2, 0.25) is 0 Å². The molecule has 12 heavy (non-hydrogen) atoms. The van der Waals surface area contributed by atoms with Crippen LogP contribution in [0.5, 0.6) is 0 Å². The highest BCUT2D eigenvalue weighted by Crippen LogP contribution is 2.12. The van der Waals surface area contributed by atoms with Crippen molar-refractivity contribution in [3.63, 3.8) is 0 Å². The fourth-order valence-electron chi connectivity index (χ4n) is 0.800. The number of ether oxygens (including phenoxy) is 1.